The topological polar surface area (TPSA) is 20.3 Å². The van der Waals surface area contributed by atoms with E-state index in [1.54, 1.807) is 0 Å². The van der Waals surface area contributed by atoms with Crippen LogP contribution in [0.2, 0.25) is 0 Å². The van der Waals surface area contributed by atoms with Crippen LogP contribution in [-0.2, 0) is 4.79 Å². The Kier molecular flexibility index (Phi) is 4.62. The van der Waals surface area contributed by atoms with E-state index >= 15 is 0 Å². The molecule has 0 rings (SSSR count). The molecule has 0 N–H and O–H groups in total. The lowest BCUT2D eigenvalue weighted by atomic mass is 9.98. The van der Waals surface area contributed by atoms with Crippen LogP contribution in [0.4, 0.5) is 0 Å². The second-order valence-corrected chi connectivity index (χ2v) is 4.64. The number of carbonyl (C=O) groups excluding carboxylic acids is 1. The molecule has 13 heavy (non-hydrogen) atoms. The van der Waals surface area contributed by atoms with Crippen molar-refractivity contribution in [2.75, 3.05) is 13.6 Å². The summed E-state index contributed by atoms with van der Waals surface area (Å²) < 4.78 is 0. The van der Waals surface area contributed by atoms with Gasteiger partial charge < -0.3 is 0 Å². The zero-order valence-corrected chi connectivity index (χ0v) is 9.85. The zero-order chi connectivity index (χ0) is 10.6. The fourth-order valence-electron chi connectivity index (χ4n) is 0.900. The summed E-state index contributed by atoms with van der Waals surface area (Å²) in [6, 6.07) is 0. The van der Waals surface area contributed by atoms with Crippen molar-refractivity contribution in [3.63, 3.8) is 0 Å². The smallest absolute Gasteiger partial charge is 0.149 e. The summed E-state index contributed by atoms with van der Waals surface area (Å²) in [5.74, 6) is 0.471. The summed E-state index contributed by atoms with van der Waals surface area (Å²) >= 11 is 0. The molecule has 0 aromatic carbocycles. The highest BCUT2D eigenvalue weighted by atomic mass is 16.1. The van der Waals surface area contributed by atoms with Gasteiger partial charge >= 0.3 is 0 Å². The van der Waals surface area contributed by atoms with Gasteiger partial charge in [0.1, 0.15) is 5.78 Å². The molecule has 2 heteroatoms. The van der Waals surface area contributed by atoms with Crippen molar-refractivity contribution >= 4 is 5.78 Å². The Morgan fingerprint density at radius 2 is 1.85 bits per heavy atom. The predicted octanol–water partition coefficient (Wildman–Crippen LogP) is 2.33. The van der Waals surface area contributed by atoms with Crippen LogP contribution >= 0.6 is 0 Å². The molecule has 78 valence electrons. The summed E-state index contributed by atoms with van der Waals surface area (Å²) in [7, 11) is 2.02. The van der Waals surface area contributed by atoms with Gasteiger partial charge in [-0.15, -0.1) is 0 Å². The number of Topliss-reactive ketones (excluding diaryl/α,β-unsaturated/α-hetero) is 1. The normalized spacial score (nSPS) is 12.6. The third-order valence-corrected chi connectivity index (χ3v) is 2.94. The van der Waals surface area contributed by atoms with Crippen molar-refractivity contribution in [2.24, 2.45) is 5.92 Å². The Morgan fingerprint density at radius 1 is 1.38 bits per heavy atom. The molecule has 0 aliphatic carbocycles. The average Bonchev–Trinajstić information content (AvgIpc) is 2.04. The lowest BCUT2D eigenvalue weighted by Crippen LogP contribution is -2.44. The SMILES string of the molecule is CCC(C)(C)N(C)CC(=O)C(C)C. The molecular weight excluding hydrogens is 162 g/mol. The maximum absolute atomic E-state index is 11.5. The second-order valence-electron chi connectivity index (χ2n) is 4.64. The van der Waals surface area contributed by atoms with Crippen LogP contribution in [-0.4, -0.2) is 29.8 Å². The first-order chi connectivity index (χ1) is 5.81. The Labute approximate surface area is 82.3 Å². The third-order valence-electron chi connectivity index (χ3n) is 2.94. The van der Waals surface area contributed by atoms with Gasteiger partial charge in [-0.05, 0) is 27.3 Å². The van der Waals surface area contributed by atoms with Gasteiger partial charge in [0, 0.05) is 11.5 Å². The highest BCUT2D eigenvalue weighted by Gasteiger charge is 2.23. The Hall–Kier alpha value is -0.370. The molecule has 0 heterocycles. The van der Waals surface area contributed by atoms with Crippen LogP contribution in [0.15, 0.2) is 0 Å². The second kappa shape index (κ2) is 4.75. The van der Waals surface area contributed by atoms with E-state index in [0.717, 1.165) is 6.42 Å². The molecule has 0 unspecified atom stereocenters. The lowest BCUT2D eigenvalue weighted by molar-refractivity contribution is -0.124. The van der Waals surface area contributed by atoms with Gasteiger partial charge in [0.15, 0.2) is 0 Å². The number of likely N-dealkylation sites (N-methyl/N-ethyl adjacent to an activating group) is 1. The van der Waals surface area contributed by atoms with Crippen LogP contribution < -0.4 is 0 Å². The van der Waals surface area contributed by atoms with Gasteiger partial charge in [-0.25, -0.2) is 0 Å². The van der Waals surface area contributed by atoms with Crippen molar-refractivity contribution in [1.82, 2.24) is 4.90 Å². The molecule has 0 bridgehead atoms. The average molecular weight is 185 g/mol. The number of carbonyl (C=O) groups is 1. The van der Waals surface area contributed by atoms with Crippen molar-refractivity contribution in [2.45, 2.75) is 46.6 Å². The maximum atomic E-state index is 11.5. The number of hydrogen-bond acceptors (Lipinski definition) is 2. The number of hydrogen-bond donors (Lipinski definition) is 0. The summed E-state index contributed by atoms with van der Waals surface area (Å²) in [5, 5.41) is 0. The molecule has 0 fully saturated rings. The van der Waals surface area contributed by atoms with E-state index in [4.69, 9.17) is 0 Å². The fourth-order valence-corrected chi connectivity index (χ4v) is 0.900. The predicted molar refractivity (Wildman–Crippen MR) is 56.8 cm³/mol. The first kappa shape index (κ1) is 12.6. The van der Waals surface area contributed by atoms with Crippen LogP contribution in [0, 0.1) is 5.92 Å². The molecule has 0 saturated carbocycles. The van der Waals surface area contributed by atoms with Crippen molar-refractivity contribution in [3.8, 4) is 0 Å². The minimum atomic E-state index is 0.130. The molecule has 0 radical (unpaired) electrons. The molecule has 0 amide bonds. The molecule has 0 aromatic heterocycles. The molecule has 0 aliphatic rings. The van der Waals surface area contributed by atoms with Crippen LogP contribution in [0.1, 0.15) is 41.0 Å². The first-order valence-electron chi connectivity index (χ1n) is 5.05. The molecule has 0 saturated heterocycles. The van der Waals surface area contributed by atoms with E-state index in [0.29, 0.717) is 12.3 Å². The Bertz CT molecular complexity index is 173. The van der Waals surface area contributed by atoms with Crippen LogP contribution in [0.25, 0.3) is 0 Å². The molecular formula is C11H23NO. The standard InChI is InChI=1S/C11H23NO/c1-7-11(4,5)12(6)8-10(13)9(2)3/h9H,7-8H2,1-6H3. The minimum absolute atomic E-state index is 0.130. The van der Waals surface area contributed by atoms with Gasteiger partial charge in [0.05, 0.1) is 6.54 Å². The van der Waals surface area contributed by atoms with E-state index in [1.165, 1.54) is 0 Å². The quantitative estimate of drug-likeness (QED) is 0.655. The molecule has 0 aromatic rings. The summed E-state index contributed by atoms with van der Waals surface area (Å²) in [6.07, 6.45) is 1.06. The van der Waals surface area contributed by atoms with Gasteiger partial charge in [-0.2, -0.15) is 0 Å². The molecule has 0 aliphatic heterocycles. The number of ketones is 1. The van der Waals surface area contributed by atoms with Gasteiger partial charge in [-0.3, -0.25) is 9.69 Å². The lowest BCUT2D eigenvalue weighted by Gasteiger charge is -2.34. The summed E-state index contributed by atoms with van der Waals surface area (Å²) in [4.78, 5) is 13.6. The molecule has 2 nitrogen and oxygen atoms in total. The summed E-state index contributed by atoms with van der Waals surface area (Å²) in [6.45, 7) is 11.0. The summed E-state index contributed by atoms with van der Waals surface area (Å²) in [5.41, 5.74) is 0.130. The van der Waals surface area contributed by atoms with Crippen LogP contribution in [0.5, 0.6) is 0 Å². The largest absolute Gasteiger partial charge is 0.298 e. The van der Waals surface area contributed by atoms with E-state index in [-0.39, 0.29) is 11.5 Å². The van der Waals surface area contributed by atoms with E-state index in [2.05, 4.69) is 25.7 Å². The monoisotopic (exact) mass is 185 g/mol. The molecule has 0 spiro atoms. The van der Waals surface area contributed by atoms with Crippen molar-refractivity contribution < 1.29 is 4.79 Å². The third kappa shape index (κ3) is 3.90. The number of nitrogens with zero attached hydrogens (tertiary/aromatic N) is 1. The highest BCUT2D eigenvalue weighted by molar-refractivity contribution is 5.82. The Morgan fingerprint density at radius 3 is 2.15 bits per heavy atom. The van der Waals surface area contributed by atoms with Gasteiger partial charge in [-0.1, -0.05) is 20.8 Å². The zero-order valence-electron chi connectivity index (χ0n) is 9.85. The minimum Gasteiger partial charge on any atom is -0.298 e. The van der Waals surface area contributed by atoms with Crippen molar-refractivity contribution in [1.29, 1.82) is 0 Å². The maximum Gasteiger partial charge on any atom is 0.149 e. The Balaban J connectivity index is 4.15. The van der Waals surface area contributed by atoms with E-state index in [1.807, 2.05) is 20.9 Å². The molecule has 0 atom stereocenters. The first-order valence-corrected chi connectivity index (χ1v) is 5.05. The van der Waals surface area contributed by atoms with Crippen LogP contribution in [0.3, 0.4) is 0 Å². The number of rotatable bonds is 5. The fraction of sp³-hybridized carbons (Fsp3) is 0.909. The van der Waals surface area contributed by atoms with Gasteiger partial charge in [0.25, 0.3) is 0 Å². The highest BCUT2D eigenvalue weighted by Crippen LogP contribution is 2.16. The van der Waals surface area contributed by atoms with E-state index in [9.17, 15) is 4.79 Å². The van der Waals surface area contributed by atoms with E-state index < -0.39 is 0 Å². The van der Waals surface area contributed by atoms with Crippen molar-refractivity contribution in [3.05, 3.63) is 0 Å². The van der Waals surface area contributed by atoms with Gasteiger partial charge in [0.2, 0.25) is 0 Å².